The number of aliphatic hydroxyl groups is 1. The number of esters is 1. The normalized spacial score (nSPS) is 34.2. The number of carbonyl (C=O) groups excluding carboxylic acids is 1. The monoisotopic (exact) mass is 188 g/mol. The molecular formula is C9H16O4. The Morgan fingerprint density at radius 1 is 1.77 bits per heavy atom. The Bertz CT molecular complexity index is 188. The highest BCUT2D eigenvalue weighted by atomic mass is 16.6. The minimum Gasteiger partial charge on any atom is -0.463 e. The molecule has 0 radical (unpaired) electrons. The fourth-order valence-electron chi connectivity index (χ4n) is 1.42. The van der Waals surface area contributed by atoms with Crippen LogP contribution in [0.25, 0.3) is 0 Å². The lowest BCUT2D eigenvalue weighted by molar-refractivity contribution is -0.170. The minimum atomic E-state index is -0.867. The van der Waals surface area contributed by atoms with Crippen LogP contribution >= 0.6 is 0 Å². The molecule has 76 valence electrons. The van der Waals surface area contributed by atoms with Gasteiger partial charge in [-0.3, -0.25) is 4.79 Å². The van der Waals surface area contributed by atoms with Crippen molar-refractivity contribution < 1.29 is 19.4 Å². The second-order valence-corrected chi connectivity index (χ2v) is 3.62. The molecule has 1 aliphatic rings. The Hall–Kier alpha value is -0.610. The molecule has 1 saturated heterocycles. The van der Waals surface area contributed by atoms with Crippen molar-refractivity contribution in [2.24, 2.45) is 0 Å². The van der Waals surface area contributed by atoms with E-state index >= 15 is 0 Å². The van der Waals surface area contributed by atoms with Crippen molar-refractivity contribution in [3.63, 3.8) is 0 Å². The van der Waals surface area contributed by atoms with Crippen LogP contribution in [0.1, 0.15) is 26.7 Å². The Balaban J connectivity index is 2.41. The highest BCUT2D eigenvalue weighted by Gasteiger charge is 2.36. The summed E-state index contributed by atoms with van der Waals surface area (Å²) < 4.78 is 10.1. The zero-order valence-electron chi connectivity index (χ0n) is 8.08. The number of rotatable bonds is 2. The van der Waals surface area contributed by atoms with E-state index in [-0.39, 0.29) is 18.7 Å². The van der Waals surface area contributed by atoms with Gasteiger partial charge >= 0.3 is 5.97 Å². The zero-order chi connectivity index (χ0) is 9.90. The molecule has 1 heterocycles. The first-order valence-corrected chi connectivity index (χ1v) is 4.50. The smallest absolute Gasteiger partial charge is 0.302 e. The number of carbonyl (C=O) groups is 1. The highest BCUT2D eigenvalue weighted by molar-refractivity contribution is 5.65. The molecule has 1 aliphatic heterocycles. The quantitative estimate of drug-likeness (QED) is 0.640. The van der Waals surface area contributed by atoms with Crippen LogP contribution in [0.5, 0.6) is 0 Å². The SMILES string of the molecule is CC(=O)OC[C@@H]1OCCC[C@@]1(C)O. The fourth-order valence-corrected chi connectivity index (χ4v) is 1.42. The summed E-state index contributed by atoms with van der Waals surface area (Å²) in [5, 5.41) is 9.83. The second-order valence-electron chi connectivity index (χ2n) is 3.62. The van der Waals surface area contributed by atoms with E-state index < -0.39 is 5.60 Å². The highest BCUT2D eigenvalue weighted by Crippen LogP contribution is 2.24. The molecule has 0 aliphatic carbocycles. The van der Waals surface area contributed by atoms with Gasteiger partial charge in [-0.15, -0.1) is 0 Å². The lowest BCUT2D eigenvalue weighted by Gasteiger charge is -2.36. The van der Waals surface area contributed by atoms with E-state index in [1.54, 1.807) is 6.92 Å². The molecule has 1 fully saturated rings. The Labute approximate surface area is 77.8 Å². The van der Waals surface area contributed by atoms with Crippen molar-refractivity contribution in [1.29, 1.82) is 0 Å². The summed E-state index contributed by atoms with van der Waals surface area (Å²) in [5.74, 6) is -0.343. The third-order valence-electron chi connectivity index (χ3n) is 2.28. The van der Waals surface area contributed by atoms with Gasteiger partial charge in [-0.05, 0) is 19.8 Å². The van der Waals surface area contributed by atoms with Gasteiger partial charge in [0.15, 0.2) is 0 Å². The van der Waals surface area contributed by atoms with Crippen molar-refractivity contribution in [1.82, 2.24) is 0 Å². The summed E-state index contributed by atoms with van der Waals surface area (Å²) in [6.07, 6.45) is 1.16. The molecule has 0 aromatic heterocycles. The van der Waals surface area contributed by atoms with Crippen LogP contribution in [-0.2, 0) is 14.3 Å². The van der Waals surface area contributed by atoms with Crippen molar-refractivity contribution in [2.75, 3.05) is 13.2 Å². The summed E-state index contributed by atoms with van der Waals surface area (Å²) in [4.78, 5) is 10.5. The Morgan fingerprint density at radius 3 is 3.00 bits per heavy atom. The molecule has 13 heavy (non-hydrogen) atoms. The lowest BCUT2D eigenvalue weighted by atomic mass is 9.91. The molecular weight excluding hydrogens is 172 g/mol. The molecule has 1 rings (SSSR count). The third-order valence-corrected chi connectivity index (χ3v) is 2.28. The average molecular weight is 188 g/mol. The largest absolute Gasteiger partial charge is 0.463 e. The maximum atomic E-state index is 10.5. The zero-order valence-corrected chi connectivity index (χ0v) is 8.08. The van der Waals surface area contributed by atoms with Gasteiger partial charge in [-0.25, -0.2) is 0 Å². The van der Waals surface area contributed by atoms with Crippen molar-refractivity contribution in [3.05, 3.63) is 0 Å². The summed E-state index contributed by atoms with van der Waals surface area (Å²) in [5.41, 5.74) is -0.867. The second kappa shape index (κ2) is 4.07. The minimum absolute atomic E-state index is 0.141. The van der Waals surface area contributed by atoms with E-state index in [9.17, 15) is 9.90 Å². The maximum Gasteiger partial charge on any atom is 0.302 e. The van der Waals surface area contributed by atoms with E-state index in [1.165, 1.54) is 6.92 Å². The first-order chi connectivity index (χ1) is 6.02. The fraction of sp³-hybridized carbons (Fsp3) is 0.889. The molecule has 0 aromatic carbocycles. The van der Waals surface area contributed by atoms with Crippen LogP contribution in [0.15, 0.2) is 0 Å². The molecule has 0 saturated carbocycles. The van der Waals surface area contributed by atoms with Crippen molar-refractivity contribution in [3.8, 4) is 0 Å². The summed E-state index contributed by atoms with van der Waals surface area (Å²) >= 11 is 0. The van der Waals surface area contributed by atoms with Gasteiger partial charge in [0.05, 0.1) is 5.60 Å². The maximum absolute atomic E-state index is 10.5. The molecule has 0 bridgehead atoms. The summed E-state index contributed by atoms with van der Waals surface area (Å²) in [6, 6.07) is 0. The molecule has 0 amide bonds. The summed E-state index contributed by atoms with van der Waals surface area (Å²) in [6.45, 7) is 3.82. The predicted octanol–water partition coefficient (Wildman–Crippen LogP) is 0.479. The van der Waals surface area contributed by atoms with Crippen molar-refractivity contribution >= 4 is 5.97 Å². The van der Waals surface area contributed by atoms with E-state index in [4.69, 9.17) is 9.47 Å². The Morgan fingerprint density at radius 2 is 2.46 bits per heavy atom. The van der Waals surface area contributed by atoms with Gasteiger partial charge in [0, 0.05) is 13.5 Å². The van der Waals surface area contributed by atoms with E-state index in [1.807, 2.05) is 0 Å². The molecule has 0 aromatic rings. The summed E-state index contributed by atoms with van der Waals surface area (Å²) in [7, 11) is 0. The van der Waals surface area contributed by atoms with Gasteiger partial charge < -0.3 is 14.6 Å². The van der Waals surface area contributed by atoms with Gasteiger partial charge in [0.2, 0.25) is 0 Å². The van der Waals surface area contributed by atoms with Crippen LogP contribution in [0.4, 0.5) is 0 Å². The topological polar surface area (TPSA) is 55.8 Å². The first kappa shape index (κ1) is 10.5. The third kappa shape index (κ3) is 2.97. The van der Waals surface area contributed by atoms with Crippen LogP contribution in [0, 0.1) is 0 Å². The van der Waals surface area contributed by atoms with Crippen LogP contribution in [0.3, 0.4) is 0 Å². The number of ether oxygens (including phenoxy) is 2. The van der Waals surface area contributed by atoms with E-state index in [0.29, 0.717) is 13.0 Å². The van der Waals surface area contributed by atoms with Gasteiger partial charge in [-0.2, -0.15) is 0 Å². The van der Waals surface area contributed by atoms with Gasteiger partial charge in [-0.1, -0.05) is 0 Å². The van der Waals surface area contributed by atoms with Crippen LogP contribution in [-0.4, -0.2) is 36.0 Å². The molecule has 4 nitrogen and oxygen atoms in total. The standard InChI is InChI=1S/C9H16O4/c1-7(10)13-6-8-9(2,11)4-3-5-12-8/h8,11H,3-6H2,1-2H3/t8-,9+/m0/s1. The molecule has 0 spiro atoms. The van der Waals surface area contributed by atoms with Crippen LogP contribution < -0.4 is 0 Å². The van der Waals surface area contributed by atoms with Crippen LogP contribution in [0.2, 0.25) is 0 Å². The molecule has 2 atom stereocenters. The van der Waals surface area contributed by atoms with Gasteiger partial charge in [0.25, 0.3) is 0 Å². The lowest BCUT2D eigenvalue weighted by Crippen LogP contribution is -2.47. The number of hydrogen-bond donors (Lipinski definition) is 1. The number of hydrogen-bond acceptors (Lipinski definition) is 4. The first-order valence-electron chi connectivity index (χ1n) is 4.50. The molecule has 0 unspecified atom stereocenters. The molecule has 1 N–H and O–H groups in total. The van der Waals surface area contributed by atoms with Gasteiger partial charge in [0.1, 0.15) is 12.7 Å². The van der Waals surface area contributed by atoms with E-state index in [2.05, 4.69) is 0 Å². The Kier molecular flexibility index (Phi) is 3.27. The average Bonchev–Trinajstić information content (AvgIpc) is 2.01. The van der Waals surface area contributed by atoms with Crippen molar-refractivity contribution in [2.45, 2.75) is 38.4 Å². The van der Waals surface area contributed by atoms with E-state index in [0.717, 1.165) is 6.42 Å². The predicted molar refractivity (Wildman–Crippen MR) is 46.2 cm³/mol. The molecule has 4 heteroatoms.